The first-order valence-electron chi connectivity index (χ1n) is 11.9. The van der Waals surface area contributed by atoms with E-state index >= 15 is 0 Å². The molecule has 4 aromatic rings. The third kappa shape index (κ3) is 4.26. The average Bonchev–Trinajstić information content (AvgIpc) is 2.99. The number of nitrogens with zero attached hydrogens (tertiary/aromatic N) is 6. The molecule has 0 spiro atoms. The van der Waals surface area contributed by atoms with Gasteiger partial charge in [-0.05, 0) is 48.5 Å². The van der Waals surface area contributed by atoms with Gasteiger partial charge in [-0.25, -0.2) is 19.6 Å². The van der Waals surface area contributed by atoms with Gasteiger partial charge in [0.15, 0.2) is 0 Å². The summed E-state index contributed by atoms with van der Waals surface area (Å²) in [6.45, 7) is 0. The standard InChI is InChI=1S/C28H22N8O2/c37-27-33(21-13-5-1-6-14-21)29-25(30-34(27)22-15-7-2-8-16-22)26-31-35(23-17-9-3-10-18-23)28(38)36(32-26)24-19-11-4-12-20-24/h1-20H,(H,29,30)(H,31,32). The lowest BCUT2D eigenvalue weighted by molar-refractivity contribution is 0.248. The molecule has 4 aromatic carbocycles. The van der Waals surface area contributed by atoms with Crippen LogP contribution in [0.25, 0.3) is 0 Å². The minimum Gasteiger partial charge on any atom is -0.268 e. The molecule has 186 valence electrons. The van der Waals surface area contributed by atoms with Crippen molar-refractivity contribution in [3.8, 4) is 0 Å². The summed E-state index contributed by atoms with van der Waals surface area (Å²) in [6.07, 6.45) is 0. The van der Waals surface area contributed by atoms with Gasteiger partial charge in [-0.2, -0.15) is 10.0 Å². The molecule has 2 aliphatic rings. The number of amides is 4. The van der Waals surface area contributed by atoms with Crippen LogP contribution >= 0.6 is 0 Å². The Morgan fingerprint density at radius 3 is 1.03 bits per heavy atom. The topological polar surface area (TPSA) is 95.9 Å². The van der Waals surface area contributed by atoms with Crippen molar-refractivity contribution in [2.45, 2.75) is 0 Å². The Bertz CT molecular complexity index is 1400. The lowest BCUT2D eigenvalue weighted by Crippen LogP contribution is -2.65. The van der Waals surface area contributed by atoms with Gasteiger partial charge in [-0.1, -0.05) is 72.8 Å². The molecule has 6 rings (SSSR count). The zero-order chi connectivity index (χ0) is 25.9. The van der Waals surface area contributed by atoms with Crippen molar-refractivity contribution < 1.29 is 9.59 Å². The maximum Gasteiger partial charge on any atom is 0.368 e. The van der Waals surface area contributed by atoms with Crippen LogP contribution in [0.1, 0.15) is 0 Å². The minimum absolute atomic E-state index is 0.228. The third-order valence-electron chi connectivity index (χ3n) is 5.83. The van der Waals surface area contributed by atoms with Gasteiger partial charge in [0.25, 0.3) is 0 Å². The Balaban J connectivity index is 1.47. The molecule has 0 saturated carbocycles. The van der Waals surface area contributed by atoms with Crippen molar-refractivity contribution in [1.29, 1.82) is 0 Å². The largest absolute Gasteiger partial charge is 0.368 e. The number of carbonyl (C=O) groups is 2. The van der Waals surface area contributed by atoms with Crippen molar-refractivity contribution in [3.63, 3.8) is 0 Å². The Morgan fingerprint density at radius 2 is 0.711 bits per heavy atom. The molecule has 2 aliphatic heterocycles. The third-order valence-corrected chi connectivity index (χ3v) is 5.83. The van der Waals surface area contributed by atoms with Gasteiger partial charge in [0.1, 0.15) is 0 Å². The number of urea groups is 2. The van der Waals surface area contributed by atoms with Crippen LogP contribution in [0.4, 0.5) is 32.3 Å². The fraction of sp³-hybridized carbons (Fsp3) is 0. The molecule has 0 aromatic heterocycles. The minimum atomic E-state index is -0.404. The van der Waals surface area contributed by atoms with Crippen molar-refractivity contribution in [2.24, 2.45) is 10.2 Å². The zero-order valence-corrected chi connectivity index (χ0v) is 20.0. The molecule has 4 amide bonds. The smallest absolute Gasteiger partial charge is 0.268 e. The van der Waals surface area contributed by atoms with Crippen molar-refractivity contribution in [1.82, 2.24) is 10.9 Å². The van der Waals surface area contributed by atoms with Crippen LogP contribution in [-0.2, 0) is 0 Å². The Labute approximate surface area is 218 Å². The van der Waals surface area contributed by atoms with Crippen LogP contribution in [0, 0.1) is 0 Å². The number of hydrazone groups is 2. The van der Waals surface area contributed by atoms with E-state index < -0.39 is 12.1 Å². The molecular formula is C28H22N8O2. The summed E-state index contributed by atoms with van der Waals surface area (Å²) in [6, 6.07) is 35.7. The molecule has 10 nitrogen and oxygen atoms in total. The molecule has 10 heteroatoms. The second kappa shape index (κ2) is 9.78. The molecule has 38 heavy (non-hydrogen) atoms. The maximum absolute atomic E-state index is 13.5. The SMILES string of the molecule is O=C1N(c2ccccc2)N=C(C2=NN(c3ccccc3)C(=O)N(c3ccccc3)N2)NN1c1ccccc1. The normalized spacial score (nSPS) is 15.5. The molecule has 0 bridgehead atoms. The first kappa shape index (κ1) is 22.8. The highest BCUT2D eigenvalue weighted by Gasteiger charge is 2.37. The van der Waals surface area contributed by atoms with E-state index in [1.807, 2.05) is 97.1 Å². The second-order valence-corrected chi connectivity index (χ2v) is 8.32. The summed E-state index contributed by atoms with van der Waals surface area (Å²) < 4.78 is 0. The summed E-state index contributed by atoms with van der Waals surface area (Å²) in [5.41, 5.74) is 8.53. The fourth-order valence-corrected chi connectivity index (χ4v) is 4.01. The van der Waals surface area contributed by atoms with Crippen LogP contribution in [-0.4, -0.2) is 23.7 Å². The Kier molecular flexibility index (Phi) is 5.87. The number of para-hydroxylation sites is 4. The number of hydrogen-bond donors (Lipinski definition) is 2. The number of anilines is 4. The predicted octanol–water partition coefficient (Wildman–Crippen LogP) is 4.92. The molecule has 0 radical (unpaired) electrons. The van der Waals surface area contributed by atoms with E-state index in [-0.39, 0.29) is 11.7 Å². The van der Waals surface area contributed by atoms with E-state index in [4.69, 9.17) is 0 Å². The molecule has 0 atom stereocenters. The monoisotopic (exact) mass is 502 g/mol. The molecule has 2 heterocycles. The highest BCUT2D eigenvalue weighted by molar-refractivity contribution is 6.44. The molecule has 0 unspecified atom stereocenters. The highest BCUT2D eigenvalue weighted by atomic mass is 16.2. The van der Waals surface area contributed by atoms with Crippen molar-refractivity contribution in [3.05, 3.63) is 121 Å². The first-order chi connectivity index (χ1) is 18.7. The molecule has 2 N–H and O–H groups in total. The van der Waals surface area contributed by atoms with Crippen LogP contribution in [0.5, 0.6) is 0 Å². The van der Waals surface area contributed by atoms with Crippen LogP contribution in [0.2, 0.25) is 0 Å². The predicted molar refractivity (Wildman–Crippen MR) is 148 cm³/mol. The van der Waals surface area contributed by atoms with Crippen LogP contribution in [0.3, 0.4) is 0 Å². The van der Waals surface area contributed by atoms with Crippen molar-refractivity contribution in [2.75, 3.05) is 20.0 Å². The summed E-state index contributed by atoms with van der Waals surface area (Å²) >= 11 is 0. The first-order valence-corrected chi connectivity index (χ1v) is 11.9. The number of nitrogens with one attached hydrogen (secondary N) is 2. The number of hydrogen-bond acceptors (Lipinski definition) is 6. The average molecular weight is 503 g/mol. The van der Waals surface area contributed by atoms with Gasteiger partial charge in [0.2, 0.25) is 11.7 Å². The quantitative estimate of drug-likeness (QED) is 0.405. The highest BCUT2D eigenvalue weighted by Crippen LogP contribution is 2.25. The van der Waals surface area contributed by atoms with Gasteiger partial charge in [0.05, 0.1) is 22.7 Å². The maximum atomic E-state index is 13.5. The van der Waals surface area contributed by atoms with E-state index in [1.54, 1.807) is 24.3 Å². The lowest BCUT2D eigenvalue weighted by atomic mass is 10.3. The fourth-order valence-electron chi connectivity index (χ4n) is 4.01. The van der Waals surface area contributed by atoms with E-state index in [9.17, 15) is 9.59 Å². The molecule has 0 aliphatic carbocycles. The lowest BCUT2D eigenvalue weighted by Gasteiger charge is -2.37. The number of amidine groups is 2. The number of carbonyl (C=O) groups excluding carboxylic acids is 2. The Morgan fingerprint density at radius 1 is 0.421 bits per heavy atom. The molecular weight excluding hydrogens is 480 g/mol. The van der Waals surface area contributed by atoms with E-state index in [0.29, 0.717) is 22.7 Å². The number of rotatable bonds is 5. The van der Waals surface area contributed by atoms with E-state index in [0.717, 1.165) is 0 Å². The van der Waals surface area contributed by atoms with E-state index in [1.165, 1.54) is 20.0 Å². The number of hydrazine groups is 2. The van der Waals surface area contributed by atoms with Crippen LogP contribution in [0.15, 0.2) is 132 Å². The molecule has 0 fully saturated rings. The van der Waals surface area contributed by atoms with Crippen molar-refractivity contribution >= 4 is 46.5 Å². The second-order valence-electron chi connectivity index (χ2n) is 8.32. The summed E-state index contributed by atoms with van der Waals surface area (Å²) in [4.78, 5) is 27.1. The summed E-state index contributed by atoms with van der Waals surface area (Å²) in [5, 5.41) is 14.6. The van der Waals surface area contributed by atoms with Gasteiger partial charge < -0.3 is 0 Å². The van der Waals surface area contributed by atoms with Crippen LogP contribution < -0.4 is 30.9 Å². The van der Waals surface area contributed by atoms with Gasteiger partial charge >= 0.3 is 12.1 Å². The van der Waals surface area contributed by atoms with E-state index in [2.05, 4.69) is 21.1 Å². The summed E-state index contributed by atoms with van der Waals surface area (Å²) in [5.74, 6) is 0.457. The van der Waals surface area contributed by atoms with Gasteiger partial charge in [0, 0.05) is 0 Å². The molecule has 0 saturated heterocycles. The zero-order valence-electron chi connectivity index (χ0n) is 20.0. The Hall–Kier alpha value is -5.64. The summed E-state index contributed by atoms with van der Waals surface area (Å²) in [7, 11) is 0. The number of benzene rings is 4. The van der Waals surface area contributed by atoms with Gasteiger partial charge in [-0.3, -0.25) is 10.9 Å². The van der Waals surface area contributed by atoms with Gasteiger partial charge in [-0.15, -0.1) is 10.2 Å².